The molecule has 0 fully saturated rings. The van der Waals surface area contributed by atoms with Crippen LogP contribution in [0, 0.1) is 11.8 Å². The number of aromatic nitrogens is 2. The maximum absolute atomic E-state index is 4.92. The predicted molar refractivity (Wildman–Crippen MR) is 80.3 cm³/mol. The second kappa shape index (κ2) is 6.08. The van der Waals surface area contributed by atoms with Gasteiger partial charge in [-0.15, -0.1) is 0 Å². The van der Waals surface area contributed by atoms with Gasteiger partial charge in [0.05, 0.1) is 5.69 Å². The molecule has 0 spiro atoms. The van der Waals surface area contributed by atoms with Gasteiger partial charge in [0.2, 0.25) is 0 Å². The Bertz CT molecular complexity index is 418. The van der Waals surface area contributed by atoms with Crippen molar-refractivity contribution in [3.05, 3.63) is 17.2 Å². The molecule has 2 rings (SSSR count). The molecule has 1 aliphatic rings. The summed E-state index contributed by atoms with van der Waals surface area (Å²) in [5.74, 6) is 2.71. The summed E-state index contributed by atoms with van der Waals surface area (Å²) >= 11 is 0. The van der Waals surface area contributed by atoms with Gasteiger partial charge in [-0.05, 0) is 25.2 Å². The van der Waals surface area contributed by atoms with Crippen molar-refractivity contribution in [2.75, 3.05) is 6.54 Å². The molecular formula is C16H29N3. The summed E-state index contributed by atoms with van der Waals surface area (Å²) in [6.07, 6.45) is 3.46. The molecule has 0 bridgehead atoms. The molecule has 1 N–H and O–H groups in total. The SMILES string of the molecule is CC(C)Cc1nc2c(n1C(C)CC(C)C)CCNC2. The monoisotopic (exact) mass is 263 g/mol. The highest BCUT2D eigenvalue weighted by Gasteiger charge is 2.23. The minimum Gasteiger partial charge on any atom is -0.329 e. The van der Waals surface area contributed by atoms with E-state index in [1.807, 2.05) is 0 Å². The van der Waals surface area contributed by atoms with Crippen molar-refractivity contribution < 1.29 is 0 Å². The van der Waals surface area contributed by atoms with E-state index in [0.717, 1.165) is 31.8 Å². The molecule has 3 nitrogen and oxygen atoms in total. The van der Waals surface area contributed by atoms with E-state index >= 15 is 0 Å². The van der Waals surface area contributed by atoms with Gasteiger partial charge in [-0.25, -0.2) is 4.98 Å². The zero-order valence-corrected chi connectivity index (χ0v) is 13.2. The van der Waals surface area contributed by atoms with Crippen molar-refractivity contribution in [3.8, 4) is 0 Å². The summed E-state index contributed by atoms with van der Waals surface area (Å²) in [5.41, 5.74) is 2.78. The molecule has 1 aromatic rings. The minimum atomic E-state index is 0.572. The van der Waals surface area contributed by atoms with Crippen LogP contribution in [-0.2, 0) is 19.4 Å². The molecule has 19 heavy (non-hydrogen) atoms. The lowest BCUT2D eigenvalue weighted by Crippen LogP contribution is -2.26. The number of nitrogens with one attached hydrogen (secondary N) is 1. The summed E-state index contributed by atoms with van der Waals surface area (Å²) < 4.78 is 2.55. The number of nitrogens with zero attached hydrogens (tertiary/aromatic N) is 2. The maximum atomic E-state index is 4.92. The molecule has 1 unspecified atom stereocenters. The number of hydrogen-bond donors (Lipinski definition) is 1. The lowest BCUT2D eigenvalue weighted by Gasteiger charge is -2.23. The molecule has 0 saturated carbocycles. The van der Waals surface area contributed by atoms with Crippen LogP contribution in [0.1, 0.15) is 64.3 Å². The minimum absolute atomic E-state index is 0.572. The Morgan fingerprint density at radius 3 is 2.53 bits per heavy atom. The van der Waals surface area contributed by atoms with Crippen molar-refractivity contribution in [1.82, 2.24) is 14.9 Å². The number of hydrogen-bond acceptors (Lipinski definition) is 2. The standard InChI is InChI=1S/C16H29N3/c1-11(2)8-13(5)19-15-6-7-17-10-14(15)18-16(19)9-12(3)4/h11-13,17H,6-10H2,1-5H3. The zero-order chi connectivity index (χ0) is 14.0. The fourth-order valence-corrected chi connectivity index (χ4v) is 3.21. The van der Waals surface area contributed by atoms with E-state index in [0.29, 0.717) is 12.0 Å². The van der Waals surface area contributed by atoms with Gasteiger partial charge in [0.25, 0.3) is 0 Å². The van der Waals surface area contributed by atoms with Crippen LogP contribution in [0.15, 0.2) is 0 Å². The fraction of sp³-hybridized carbons (Fsp3) is 0.812. The second-order valence-corrected chi connectivity index (χ2v) is 6.79. The van der Waals surface area contributed by atoms with Gasteiger partial charge in [-0.1, -0.05) is 27.7 Å². The first-order chi connectivity index (χ1) is 8.99. The third kappa shape index (κ3) is 3.38. The van der Waals surface area contributed by atoms with Crippen LogP contribution in [0.4, 0.5) is 0 Å². The molecular weight excluding hydrogens is 234 g/mol. The Labute approximate surface area is 117 Å². The van der Waals surface area contributed by atoms with Gasteiger partial charge in [-0.2, -0.15) is 0 Å². The van der Waals surface area contributed by atoms with E-state index in [1.165, 1.54) is 23.6 Å². The van der Waals surface area contributed by atoms with Gasteiger partial charge in [0.1, 0.15) is 5.82 Å². The van der Waals surface area contributed by atoms with Crippen LogP contribution in [0.5, 0.6) is 0 Å². The van der Waals surface area contributed by atoms with Crippen LogP contribution >= 0.6 is 0 Å². The summed E-state index contributed by atoms with van der Waals surface area (Å²) in [6, 6.07) is 0.572. The third-order valence-electron chi connectivity index (χ3n) is 3.84. The van der Waals surface area contributed by atoms with E-state index in [4.69, 9.17) is 4.98 Å². The molecule has 3 heteroatoms. The average molecular weight is 263 g/mol. The molecule has 0 amide bonds. The molecule has 0 radical (unpaired) electrons. The largest absolute Gasteiger partial charge is 0.329 e. The molecule has 0 aliphatic carbocycles. The Morgan fingerprint density at radius 2 is 1.89 bits per heavy atom. The van der Waals surface area contributed by atoms with Crippen LogP contribution in [-0.4, -0.2) is 16.1 Å². The average Bonchev–Trinajstić information content (AvgIpc) is 2.64. The summed E-state index contributed by atoms with van der Waals surface area (Å²) in [6.45, 7) is 13.6. The third-order valence-corrected chi connectivity index (χ3v) is 3.84. The highest BCUT2D eigenvalue weighted by molar-refractivity contribution is 5.21. The topological polar surface area (TPSA) is 29.9 Å². The van der Waals surface area contributed by atoms with Gasteiger partial charge in [-0.3, -0.25) is 0 Å². The lowest BCUT2D eigenvalue weighted by atomic mass is 10.0. The quantitative estimate of drug-likeness (QED) is 0.883. The van der Waals surface area contributed by atoms with Crippen molar-refractivity contribution >= 4 is 0 Å². The molecule has 108 valence electrons. The Hall–Kier alpha value is -0.830. The van der Waals surface area contributed by atoms with Gasteiger partial charge < -0.3 is 9.88 Å². The van der Waals surface area contributed by atoms with E-state index in [9.17, 15) is 0 Å². The smallest absolute Gasteiger partial charge is 0.109 e. The highest BCUT2D eigenvalue weighted by Crippen LogP contribution is 2.26. The molecule has 1 aromatic heterocycles. The van der Waals surface area contributed by atoms with E-state index in [-0.39, 0.29) is 0 Å². The number of imidazole rings is 1. The molecule has 2 heterocycles. The maximum Gasteiger partial charge on any atom is 0.109 e. The highest BCUT2D eigenvalue weighted by atomic mass is 15.1. The van der Waals surface area contributed by atoms with Crippen LogP contribution in [0.2, 0.25) is 0 Å². The van der Waals surface area contributed by atoms with Crippen molar-refractivity contribution in [2.24, 2.45) is 11.8 Å². The van der Waals surface area contributed by atoms with Crippen molar-refractivity contribution in [2.45, 2.75) is 66.5 Å². The van der Waals surface area contributed by atoms with Gasteiger partial charge >= 0.3 is 0 Å². The Balaban J connectivity index is 2.33. The van der Waals surface area contributed by atoms with E-state index < -0.39 is 0 Å². The van der Waals surface area contributed by atoms with Crippen molar-refractivity contribution in [1.29, 1.82) is 0 Å². The van der Waals surface area contributed by atoms with Gasteiger partial charge in [0, 0.05) is 37.7 Å². The molecule has 0 aromatic carbocycles. The first-order valence-electron chi connectivity index (χ1n) is 7.78. The summed E-state index contributed by atoms with van der Waals surface area (Å²) in [7, 11) is 0. The Kier molecular flexibility index (Phi) is 4.67. The van der Waals surface area contributed by atoms with Crippen LogP contribution < -0.4 is 5.32 Å². The first-order valence-corrected chi connectivity index (χ1v) is 7.78. The summed E-state index contributed by atoms with van der Waals surface area (Å²) in [5, 5.41) is 3.44. The van der Waals surface area contributed by atoms with Crippen molar-refractivity contribution in [3.63, 3.8) is 0 Å². The van der Waals surface area contributed by atoms with Crippen LogP contribution in [0.25, 0.3) is 0 Å². The molecule has 0 saturated heterocycles. The summed E-state index contributed by atoms with van der Waals surface area (Å²) in [4.78, 5) is 4.92. The molecule has 1 aliphatic heterocycles. The van der Waals surface area contributed by atoms with Crippen LogP contribution in [0.3, 0.4) is 0 Å². The molecule has 1 atom stereocenters. The predicted octanol–water partition coefficient (Wildman–Crippen LogP) is 3.33. The first kappa shape index (κ1) is 14.6. The van der Waals surface area contributed by atoms with E-state index in [1.54, 1.807) is 0 Å². The van der Waals surface area contributed by atoms with E-state index in [2.05, 4.69) is 44.5 Å². The van der Waals surface area contributed by atoms with Gasteiger partial charge in [0.15, 0.2) is 0 Å². The zero-order valence-electron chi connectivity index (χ0n) is 13.2. The Morgan fingerprint density at radius 1 is 1.16 bits per heavy atom. The number of rotatable bonds is 5. The lowest BCUT2D eigenvalue weighted by molar-refractivity contribution is 0.399. The fourth-order valence-electron chi connectivity index (χ4n) is 3.21. The second-order valence-electron chi connectivity index (χ2n) is 6.79. The number of fused-ring (bicyclic) bond motifs is 1. The normalized spacial score (nSPS) is 17.0.